The lowest BCUT2D eigenvalue weighted by molar-refractivity contribution is 0.0667. The molecule has 1 saturated heterocycles. The Bertz CT molecular complexity index is 685. The largest absolute Gasteiger partial charge is 0.459 e. The number of hydrogen-bond donors (Lipinski definition) is 2. The van der Waals surface area contributed by atoms with E-state index in [4.69, 9.17) is 4.42 Å². The predicted octanol–water partition coefficient (Wildman–Crippen LogP) is 1.99. The molecule has 0 saturated carbocycles. The van der Waals surface area contributed by atoms with Gasteiger partial charge in [0.2, 0.25) is 0 Å². The first kappa shape index (κ1) is 16.3. The highest BCUT2D eigenvalue weighted by Gasteiger charge is 2.26. The van der Waals surface area contributed by atoms with Gasteiger partial charge in [-0.1, -0.05) is 13.3 Å². The highest BCUT2D eigenvalue weighted by Crippen LogP contribution is 2.15. The second-order valence-corrected chi connectivity index (χ2v) is 6.05. The topological polar surface area (TPSA) is 91.2 Å². The standard InChI is InChI=1S/C17H22N4O3/c1-2-4-13-11-14(20-19-13)16(22)18-12-6-8-21(9-7-12)17(23)15-5-3-10-24-15/h3,5,10-12H,2,4,6-9H2,1H3,(H,18,22)(H,19,20). The van der Waals surface area contributed by atoms with Crippen LogP contribution in [0.25, 0.3) is 0 Å². The Hall–Kier alpha value is -2.57. The van der Waals surface area contributed by atoms with Gasteiger partial charge in [-0.05, 0) is 37.5 Å². The Labute approximate surface area is 140 Å². The number of nitrogens with one attached hydrogen (secondary N) is 2. The molecule has 0 bridgehead atoms. The number of carbonyl (C=O) groups is 2. The minimum absolute atomic E-state index is 0.0597. The molecule has 1 aliphatic rings. The molecule has 3 rings (SSSR count). The van der Waals surface area contributed by atoms with E-state index in [-0.39, 0.29) is 17.9 Å². The van der Waals surface area contributed by atoms with Crippen molar-refractivity contribution in [1.82, 2.24) is 20.4 Å². The number of rotatable bonds is 5. The minimum Gasteiger partial charge on any atom is -0.459 e. The second kappa shape index (κ2) is 7.33. The first-order valence-electron chi connectivity index (χ1n) is 8.35. The molecule has 7 heteroatoms. The molecule has 2 N–H and O–H groups in total. The summed E-state index contributed by atoms with van der Waals surface area (Å²) in [5.74, 6) is 0.100. The molecule has 2 amide bonds. The van der Waals surface area contributed by atoms with E-state index in [1.165, 1.54) is 6.26 Å². The summed E-state index contributed by atoms with van der Waals surface area (Å²) in [6.45, 7) is 3.29. The van der Waals surface area contributed by atoms with Crippen molar-refractivity contribution in [2.45, 2.75) is 38.6 Å². The number of H-pyrrole nitrogens is 1. The third-order valence-electron chi connectivity index (χ3n) is 4.23. The molecule has 7 nitrogen and oxygen atoms in total. The molecular formula is C17H22N4O3. The fourth-order valence-corrected chi connectivity index (χ4v) is 2.92. The van der Waals surface area contributed by atoms with Crippen molar-refractivity contribution in [2.24, 2.45) is 0 Å². The van der Waals surface area contributed by atoms with Gasteiger partial charge in [-0.15, -0.1) is 0 Å². The third-order valence-corrected chi connectivity index (χ3v) is 4.23. The van der Waals surface area contributed by atoms with Crippen LogP contribution in [0.1, 0.15) is 52.9 Å². The van der Waals surface area contributed by atoms with Crippen LogP contribution in [0.2, 0.25) is 0 Å². The van der Waals surface area contributed by atoms with Crippen molar-refractivity contribution < 1.29 is 14.0 Å². The molecule has 3 heterocycles. The predicted molar refractivity (Wildman–Crippen MR) is 87.7 cm³/mol. The number of nitrogens with zero attached hydrogens (tertiary/aromatic N) is 2. The SMILES string of the molecule is CCCc1cc(C(=O)NC2CCN(C(=O)c3ccco3)CC2)n[nH]1. The molecule has 1 aliphatic heterocycles. The van der Waals surface area contributed by atoms with Gasteiger partial charge in [0.05, 0.1) is 6.26 Å². The Balaban J connectivity index is 1.49. The second-order valence-electron chi connectivity index (χ2n) is 6.05. The summed E-state index contributed by atoms with van der Waals surface area (Å²) in [5.41, 5.74) is 1.40. The maximum atomic E-state index is 12.2. The number of aromatic amines is 1. The number of amides is 2. The lowest BCUT2D eigenvalue weighted by Crippen LogP contribution is -2.46. The van der Waals surface area contributed by atoms with Crippen LogP contribution in [-0.4, -0.2) is 46.0 Å². The maximum absolute atomic E-state index is 12.2. The summed E-state index contributed by atoms with van der Waals surface area (Å²) in [6.07, 6.45) is 4.84. The molecule has 1 fully saturated rings. The van der Waals surface area contributed by atoms with Crippen LogP contribution in [0.15, 0.2) is 28.9 Å². The van der Waals surface area contributed by atoms with Gasteiger partial charge >= 0.3 is 0 Å². The van der Waals surface area contributed by atoms with Crippen LogP contribution in [0.3, 0.4) is 0 Å². The van der Waals surface area contributed by atoms with E-state index in [2.05, 4.69) is 22.4 Å². The van der Waals surface area contributed by atoms with Crippen LogP contribution in [-0.2, 0) is 6.42 Å². The summed E-state index contributed by atoms with van der Waals surface area (Å²) in [6, 6.07) is 5.23. The summed E-state index contributed by atoms with van der Waals surface area (Å²) in [5, 5.41) is 9.95. The number of piperidine rings is 1. The van der Waals surface area contributed by atoms with Crippen molar-refractivity contribution in [3.8, 4) is 0 Å². The molecule has 0 spiro atoms. The Morgan fingerprint density at radius 3 is 2.88 bits per heavy atom. The molecular weight excluding hydrogens is 308 g/mol. The van der Waals surface area contributed by atoms with Gasteiger partial charge in [0.15, 0.2) is 5.76 Å². The molecule has 0 atom stereocenters. The van der Waals surface area contributed by atoms with Gasteiger partial charge in [-0.2, -0.15) is 5.10 Å². The van der Waals surface area contributed by atoms with Gasteiger partial charge in [-0.3, -0.25) is 14.7 Å². The number of hydrogen-bond acceptors (Lipinski definition) is 4. The number of carbonyl (C=O) groups excluding carboxylic acids is 2. The zero-order chi connectivity index (χ0) is 16.9. The zero-order valence-electron chi connectivity index (χ0n) is 13.7. The van der Waals surface area contributed by atoms with Crippen molar-refractivity contribution in [3.05, 3.63) is 41.6 Å². The van der Waals surface area contributed by atoms with E-state index in [0.717, 1.165) is 31.4 Å². The summed E-state index contributed by atoms with van der Waals surface area (Å²) in [7, 11) is 0. The molecule has 0 aliphatic carbocycles. The van der Waals surface area contributed by atoms with Crippen molar-refractivity contribution in [2.75, 3.05) is 13.1 Å². The third kappa shape index (κ3) is 3.67. The maximum Gasteiger partial charge on any atom is 0.289 e. The van der Waals surface area contributed by atoms with Crippen molar-refractivity contribution in [1.29, 1.82) is 0 Å². The average Bonchev–Trinajstić information content (AvgIpc) is 3.27. The highest BCUT2D eigenvalue weighted by atomic mass is 16.3. The summed E-state index contributed by atoms with van der Waals surface area (Å²) < 4.78 is 5.15. The number of furan rings is 1. The monoisotopic (exact) mass is 330 g/mol. The molecule has 128 valence electrons. The van der Waals surface area contributed by atoms with E-state index < -0.39 is 0 Å². The molecule has 2 aromatic rings. The summed E-state index contributed by atoms with van der Waals surface area (Å²) in [4.78, 5) is 26.2. The average molecular weight is 330 g/mol. The first-order valence-corrected chi connectivity index (χ1v) is 8.35. The molecule has 0 unspecified atom stereocenters. The van der Waals surface area contributed by atoms with Crippen LogP contribution in [0.4, 0.5) is 0 Å². The van der Waals surface area contributed by atoms with E-state index in [9.17, 15) is 9.59 Å². The molecule has 2 aromatic heterocycles. The van der Waals surface area contributed by atoms with Gasteiger partial charge in [0.25, 0.3) is 11.8 Å². The number of aromatic nitrogens is 2. The van der Waals surface area contributed by atoms with Crippen LogP contribution < -0.4 is 5.32 Å². The molecule has 24 heavy (non-hydrogen) atoms. The number of likely N-dealkylation sites (tertiary alicyclic amines) is 1. The van der Waals surface area contributed by atoms with E-state index in [1.807, 2.05) is 0 Å². The van der Waals surface area contributed by atoms with Crippen LogP contribution in [0.5, 0.6) is 0 Å². The van der Waals surface area contributed by atoms with Gasteiger partial charge < -0.3 is 14.6 Å². The Morgan fingerprint density at radius 1 is 1.42 bits per heavy atom. The van der Waals surface area contributed by atoms with Crippen LogP contribution in [0, 0.1) is 0 Å². The molecule has 0 radical (unpaired) electrons. The fraction of sp³-hybridized carbons (Fsp3) is 0.471. The van der Waals surface area contributed by atoms with Gasteiger partial charge in [-0.25, -0.2) is 0 Å². The van der Waals surface area contributed by atoms with Crippen LogP contribution >= 0.6 is 0 Å². The molecule has 0 aromatic carbocycles. The van der Waals surface area contributed by atoms with E-state index in [0.29, 0.717) is 24.5 Å². The minimum atomic E-state index is -0.163. The summed E-state index contributed by atoms with van der Waals surface area (Å²) >= 11 is 0. The first-order chi connectivity index (χ1) is 11.7. The van der Waals surface area contributed by atoms with Gasteiger partial charge in [0, 0.05) is 24.8 Å². The number of aryl methyl sites for hydroxylation is 1. The highest BCUT2D eigenvalue weighted by molar-refractivity contribution is 5.93. The van der Waals surface area contributed by atoms with Crippen molar-refractivity contribution >= 4 is 11.8 Å². The normalized spacial score (nSPS) is 15.5. The quantitative estimate of drug-likeness (QED) is 0.877. The smallest absolute Gasteiger partial charge is 0.289 e. The lowest BCUT2D eigenvalue weighted by Gasteiger charge is -2.31. The van der Waals surface area contributed by atoms with E-state index in [1.54, 1.807) is 23.1 Å². The van der Waals surface area contributed by atoms with E-state index >= 15 is 0 Å². The Kier molecular flexibility index (Phi) is 4.98. The van der Waals surface area contributed by atoms with Gasteiger partial charge in [0.1, 0.15) is 5.69 Å². The fourth-order valence-electron chi connectivity index (χ4n) is 2.92. The van der Waals surface area contributed by atoms with Crippen molar-refractivity contribution in [3.63, 3.8) is 0 Å². The lowest BCUT2D eigenvalue weighted by atomic mass is 10.0. The zero-order valence-corrected chi connectivity index (χ0v) is 13.7. The Morgan fingerprint density at radius 2 is 2.21 bits per heavy atom.